The first-order valence-corrected chi connectivity index (χ1v) is 10.5. The first kappa shape index (κ1) is 21.8. The van der Waals surface area contributed by atoms with Gasteiger partial charge in [-0.1, -0.05) is 88.7 Å². The Kier molecular flexibility index (Phi) is 7.06. The predicted molar refractivity (Wildman–Crippen MR) is 121 cm³/mol. The number of amides is 1. The summed E-state index contributed by atoms with van der Waals surface area (Å²) in [6.07, 6.45) is 0.339. The van der Waals surface area contributed by atoms with Crippen molar-refractivity contribution in [1.29, 1.82) is 0 Å². The molecule has 0 aliphatic rings. The summed E-state index contributed by atoms with van der Waals surface area (Å²) >= 11 is 3.41. The molecule has 0 unspecified atom stereocenters. The van der Waals surface area contributed by atoms with Crippen LogP contribution in [-0.4, -0.2) is 25.0 Å². The van der Waals surface area contributed by atoms with Crippen molar-refractivity contribution in [3.05, 3.63) is 106 Å². The number of rotatable bonds is 7. The van der Waals surface area contributed by atoms with Crippen LogP contribution in [0.15, 0.2) is 89.4 Å². The summed E-state index contributed by atoms with van der Waals surface area (Å²) < 4.78 is 5.92. The summed E-state index contributed by atoms with van der Waals surface area (Å²) in [6.45, 7) is 1.88. The first-order chi connectivity index (χ1) is 14.4. The zero-order valence-corrected chi connectivity index (χ0v) is 18.6. The van der Waals surface area contributed by atoms with Crippen LogP contribution in [0.5, 0.6) is 0 Å². The van der Waals surface area contributed by atoms with Gasteiger partial charge in [-0.3, -0.25) is 4.79 Å². The van der Waals surface area contributed by atoms with E-state index >= 15 is 0 Å². The Labute approximate surface area is 185 Å². The lowest BCUT2D eigenvalue weighted by molar-refractivity contribution is -0.145. The molecule has 0 aromatic heterocycles. The molecule has 0 radical (unpaired) electrons. The van der Waals surface area contributed by atoms with Crippen LogP contribution in [0.2, 0.25) is 0 Å². The van der Waals surface area contributed by atoms with E-state index in [-0.39, 0.29) is 5.91 Å². The van der Waals surface area contributed by atoms with Gasteiger partial charge in [-0.25, -0.2) is 4.79 Å². The molecule has 154 valence electrons. The first-order valence-electron chi connectivity index (χ1n) is 9.69. The van der Waals surface area contributed by atoms with Crippen molar-refractivity contribution < 1.29 is 14.3 Å². The number of hydrogen-bond donors (Lipinski definition) is 1. The van der Waals surface area contributed by atoms with Gasteiger partial charge >= 0.3 is 5.97 Å². The zero-order chi connectivity index (χ0) is 21.6. The fraction of sp³-hybridized carbons (Fsp3) is 0.200. The van der Waals surface area contributed by atoms with E-state index in [0.29, 0.717) is 6.42 Å². The third kappa shape index (κ3) is 4.79. The number of nitrogens with one attached hydrogen (secondary N) is 1. The molecule has 3 rings (SSSR count). The maximum absolute atomic E-state index is 13.6. The standard InChI is InChI=1S/C25H24BrNO3/c1-25(19-9-5-3-6-10-19,20-11-7-4-8-12-20)24(29)27-22(23(28)30-2)17-18-13-15-21(26)16-14-18/h3-16,22H,17H2,1-2H3,(H,27,29)/t22-/m1/s1. The molecule has 5 heteroatoms. The molecule has 0 fully saturated rings. The normalized spacial score (nSPS) is 12.1. The second-order valence-corrected chi connectivity index (χ2v) is 8.15. The van der Waals surface area contributed by atoms with Crippen LogP contribution < -0.4 is 5.32 Å². The van der Waals surface area contributed by atoms with Gasteiger partial charge in [0.2, 0.25) is 5.91 Å². The summed E-state index contributed by atoms with van der Waals surface area (Å²) in [4.78, 5) is 26.1. The molecule has 0 saturated carbocycles. The monoisotopic (exact) mass is 465 g/mol. The fourth-order valence-corrected chi connectivity index (χ4v) is 3.73. The Morgan fingerprint density at radius 1 is 0.900 bits per heavy atom. The van der Waals surface area contributed by atoms with Crippen LogP contribution in [0.4, 0.5) is 0 Å². The van der Waals surface area contributed by atoms with Crippen LogP contribution in [0.3, 0.4) is 0 Å². The molecular formula is C25H24BrNO3. The summed E-state index contributed by atoms with van der Waals surface area (Å²) in [5.74, 6) is -0.734. The maximum Gasteiger partial charge on any atom is 0.328 e. The maximum atomic E-state index is 13.6. The molecule has 3 aromatic rings. The van der Waals surface area contributed by atoms with Gasteiger partial charge in [0.25, 0.3) is 0 Å². The zero-order valence-electron chi connectivity index (χ0n) is 17.0. The molecule has 1 N–H and O–H groups in total. The van der Waals surface area contributed by atoms with Crippen molar-refractivity contribution in [3.63, 3.8) is 0 Å². The summed E-state index contributed by atoms with van der Waals surface area (Å²) in [7, 11) is 1.33. The smallest absolute Gasteiger partial charge is 0.328 e. The third-order valence-electron chi connectivity index (χ3n) is 5.30. The van der Waals surface area contributed by atoms with Crippen molar-refractivity contribution in [3.8, 4) is 0 Å². The highest BCUT2D eigenvalue weighted by Crippen LogP contribution is 2.32. The van der Waals surface area contributed by atoms with E-state index in [4.69, 9.17) is 4.74 Å². The Morgan fingerprint density at radius 3 is 1.87 bits per heavy atom. The molecule has 0 aliphatic carbocycles. The molecule has 0 aliphatic heterocycles. The van der Waals surface area contributed by atoms with Gasteiger partial charge in [0.15, 0.2) is 0 Å². The van der Waals surface area contributed by atoms with Crippen LogP contribution in [0.1, 0.15) is 23.6 Å². The van der Waals surface area contributed by atoms with Crippen LogP contribution in [0.25, 0.3) is 0 Å². The Balaban J connectivity index is 1.94. The van der Waals surface area contributed by atoms with Gasteiger partial charge in [0.1, 0.15) is 6.04 Å². The number of carbonyl (C=O) groups excluding carboxylic acids is 2. The number of hydrogen-bond acceptors (Lipinski definition) is 3. The van der Waals surface area contributed by atoms with Gasteiger partial charge in [0.05, 0.1) is 12.5 Å². The average Bonchev–Trinajstić information content (AvgIpc) is 2.80. The highest BCUT2D eigenvalue weighted by atomic mass is 79.9. The highest BCUT2D eigenvalue weighted by Gasteiger charge is 2.39. The molecule has 0 spiro atoms. The number of methoxy groups -OCH3 is 1. The van der Waals surface area contributed by atoms with Crippen LogP contribution in [0, 0.1) is 0 Å². The fourth-order valence-electron chi connectivity index (χ4n) is 3.47. The lowest BCUT2D eigenvalue weighted by Gasteiger charge is -2.31. The van der Waals surface area contributed by atoms with Crippen molar-refractivity contribution in [2.24, 2.45) is 0 Å². The molecule has 0 bridgehead atoms. The topological polar surface area (TPSA) is 55.4 Å². The number of benzene rings is 3. The van der Waals surface area contributed by atoms with Crippen molar-refractivity contribution in [2.75, 3.05) is 7.11 Å². The van der Waals surface area contributed by atoms with Crippen molar-refractivity contribution in [1.82, 2.24) is 5.32 Å². The number of ether oxygens (including phenoxy) is 1. The Bertz CT molecular complexity index is 948. The Hall–Kier alpha value is -2.92. The molecule has 1 atom stereocenters. The van der Waals surface area contributed by atoms with Crippen molar-refractivity contribution >= 4 is 27.8 Å². The molecular weight excluding hydrogens is 442 g/mol. The lowest BCUT2D eigenvalue weighted by Crippen LogP contribution is -2.51. The molecule has 1 amide bonds. The van der Waals surface area contributed by atoms with Gasteiger partial charge in [-0.05, 0) is 35.7 Å². The van der Waals surface area contributed by atoms with Gasteiger partial charge in [-0.15, -0.1) is 0 Å². The van der Waals surface area contributed by atoms with Gasteiger partial charge in [-0.2, -0.15) is 0 Å². The quantitative estimate of drug-likeness (QED) is 0.516. The average molecular weight is 466 g/mol. The van der Waals surface area contributed by atoms with E-state index in [1.165, 1.54) is 7.11 Å². The van der Waals surface area contributed by atoms with Crippen molar-refractivity contribution in [2.45, 2.75) is 24.8 Å². The Morgan fingerprint density at radius 2 is 1.40 bits per heavy atom. The molecule has 4 nitrogen and oxygen atoms in total. The van der Waals surface area contributed by atoms with Crippen LogP contribution >= 0.6 is 15.9 Å². The van der Waals surface area contributed by atoms with E-state index in [2.05, 4.69) is 21.2 Å². The third-order valence-corrected chi connectivity index (χ3v) is 5.83. The summed E-state index contributed by atoms with van der Waals surface area (Å²) in [5.41, 5.74) is 1.66. The van der Waals surface area contributed by atoms with E-state index in [1.54, 1.807) is 0 Å². The molecule has 0 saturated heterocycles. The van der Waals surface area contributed by atoms with E-state index < -0.39 is 17.4 Å². The lowest BCUT2D eigenvalue weighted by atomic mass is 9.75. The van der Waals surface area contributed by atoms with Gasteiger partial charge < -0.3 is 10.1 Å². The molecule has 3 aromatic carbocycles. The molecule has 30 heavy (non-hydrogen) atoms. The number of halogens is 1. The SMILES string of the molecule is COC(=O)[C@@H](Cc1ccc(Br)cc1)NC(=O)C(C)(c1ccccc1)c1ccccc1. The van der Waals surface area contributed by atoms with E-state index in [1.807, 2.05) is 91.9 Å². The second-order valence-electron chi connectivity index (χ2n) is 7.24. The van der Waals surface area contributed by atoms with E-state index in [0.717, 1.165) is 21.2 Å². The van der Waals surface area contributed by atoms with E-state index in [9.17, 15) is 9.59 Å². The predicted octanol–water partition coefficient (Wildman–Crippen LogP) is 4.66. The minimum atomic E-state index is -0.964. The number of esters is 1. The highest BCUT2D eigenvalue weighted by molar-refractivity contribution is 9.10. The summed E-state index contributed by atoms with van der Waals surface area (Å²) in [5, 5.41) is 2.94. The van der Waals surface area contributed by atoms with Gasteiger partial charge in [0, 0.05) is 10.9 Å². The van der Waals surface area contributed by atoms with Crippen LogP contribution in [-0.2, 0) is 26.2 Å². The minimum absolute atomic E-state index is 0.257. The second kappa shape index (κ2) is 9.72. The molecule has 0 heterocycles. The summed E-state index contributed by atoms with van der Waals surface area (Å²) in [6, 6.07) is 26.0. The number of carbonyl (C=O) groups is 2. The minimum Gasteiger partial charge on any atom is -0.467 e. The largest absolute Gasteiger partial charge is 0.467 e.